The number of aliphatic hydroxyl groups is 3. The molecule has 0 aromatic carbocycles. The highest BCUT2D eigenvalue weighted by Gasteiger charge is 2.23. The van der Waals surface area contributed by atoms with Crippen molar-refractivity contribution in [3.05, 3.63) is 0 Å². The average Bonchev–Trinajstić information content (AvgIpc) is 1.80. The molecule has 0 saturated carbocycles. The van der Waals surface area contributed by atoms with E-state index in [-0.39, 0.29) is 6.61 Å². The van der Waals surface area contributed by atoms with E-state index in [2.05, 4.69) is 0 Å². The standard InChI is InChI=1S/C7H16O3/c1-7(2,10)6(9)4-3-5-8/h6,8-10H,3-5H2,1-2H3. The van der Waals surface area contributed by atoms with Gasteiger partial charge in [-0.15, -0.1) is 0 Å². The Kier molecular flexibility index (Phi) is 3.86. The fourth-order valence-corrected chi connectivity index (χ4v) is 0.638. The van der Waals surface area contributed by atoms with Gasteiger partial charge in [0, 0.05) is 6.61 Å². The minimum Gasteiger partial charge on any atom is -0.396 e. The van der Waals surface area contributed by atoms with E-state index >= 15 is 0 Å². The third-order valence-corrected chi connectivity index (χ3v) is 1.45. The van der Waals surface area contributed by atoms with Crippen molar-refractivity contribution in [3.8, 4) is 0 Å². The minimum atomic E-state index is -1.05. The van der Waals surface area contributed by atoms with Crippen molar-refractivity contribution in [2.24, 2.45) is 0 Å². The second-order valence-corrected chi connectivity index (χ2v) is 3.04. The Morgan fingerprint density at radius 1 is 1.40 bits per heavy atom. The van der Waals surface area contributed by atoms with E-state index < -0.39 is 11.7 Å². The molecule has 0 rings (SSSR count). The molecule has 0 fully saturated rings. The molecule has 0 aliphatic carbocycles. The Labute approximate surface area is 61.3 Å². The second-order valence-electron chi connectivity index (χ2n) is 3.04. The molecule has 0 aliphatic rings. The van der Waals surface area contributed by atoms with E-state index in [1.807, 2.05) is 0 Å². The van der Waals surface area contributed by atoms with E-state index in [0.29, 0.717) is 12.8 Å². The van der Waals surface area contributed by atoms with Crippen LogP contribution in [0.25, 0.3) is 0 Å². The highest BCUT2D eigenvalue weighted by Crippen LogP contribution is 2.12. The summed E-state index contributed by atoms with van der Waals surface area (Å²) in [5.41, 5.74) is -1.05. The SMILES string of the molecule is CC(C)(O)C(O)CCCO. The quantitative estimate of drug-likeness (QED) is 0.521. The zero-order chi connectivity index (χ0) is 8.20. The molecule has 0 spiro atoms. The van der Waals surface area contributed by atoms with E-state index in [0.717, 1.165) is 0 Å². The first kappa shape index (κ1) is 9.88. The maximum Gasteiger partial charge on any atom is 0.0849 e. The molecule has 1 unspecified atom stereocenters. The molecule has 3 N–H and O–H groups in total. The summed E-state index contributed by atoms with van der Waals surface area (Å²) in [5, 5.41) is 26.7. The molecule has 0 bridgehead atoms. The van der Waals surface area contributed by atoms with Crippen molar-refractivity contribution in [1.82, 2.24) is 0 Å². The van der Waals surface area contributed by atoms with Crippen LogP contribution in [0.1, 0.15) is 26.7 Å². The van der Waals surface area contributed by atoms with E-state index in [9.17, 15) is 5.11 Å². The van der Waals surface area contributed by atoms with Crippen molar-refractivity contribution in [2.45, 2.75) is 38.4 Å². The Morgan fingerprint density at radius 3 is 2.20 bits per heavy atom. The van der Waals surface area contributed by atoms with Gasteiger partial charge >= 0.3 is 0 Å². The number of hydrogen-bond acceptors (Lipinski definition) is 3. The summed E-state index contributed by atoms with van der Waals surface area (Å²) in [5.74, 6) is 0. The fourth-order valence-electron chi connectivity index (χ4n) is 0.638. The van der Waals surface area contributed by atoms with E-state index in [4.69, 9.17) is 10.2 Å². The molecule has 0 heterocycles. The average molecular weight is 148 g/mol. The van der Waals surface area contributed by atoms with Gasteiger partial charge in [-0.2, -0.15) is 0 Å². The maximum atomic E-state index is 9.18. The van der Waals surface area contributed by atoms with Gasteiger partial charge in [0.05, 0.1) is 11.7 Å². The topological polar surface area (TPSA) is 60.7 Å². The molecule has 0 amide bonds. The van der Waals surface area contributed by atoms with Gasteiger partial charge in [-0.05, 0) is 26.7 Å². The summed E-state index contributed by atoms with van der Waals surface area (Å²) < 4.78 is 0. The summed E-state index contributed by atoms with van der Waals surface area (Å²) in [7, 11) is 0. The van der Waals surface area contributed by atoms with Crippen molar-refractivity contribution >= 4 is 0 Å². The summed E-state index contributed by atoms with van der Waals surface area (Å²) in [6.45, 7) is 3.16. The molecule has 1 atom stereocenters. The molecule has 62 valence electrons. The Balaban J connectivity index is 3.52. The normalized spacial score (nSPS) is 15.3. The lowest BCUT2D eigenvalue weighted by molar-refractivity contribution is -0.0533. The van der Waals surface area contributed by atoms with Gasteiger partial charge in [-0.1, -0.05) is 0 Å². The fraction of sp³-hybridized carbons (Fsp3) is 1.00. The van der Waals surface area contributed by atoms with Crippen LogP contribution < -0.4 is 0 Å². The first-order chi connectivity index (χ1) is 4.48. The monoisotopic (exact) mass is 148 g/mol. The maximum absolute atomic E-state index is 9.18. The number of hydrogen-bond donors (Lipinski definition) is 3. The van der Waals surface area contributed by atoms with E-state index in [1.165, 1.54) is 0 Å². The Bertz CT molecular complexity index is 85.3. The van der Waals surface area contributed by atoms with Gasteiger partial charge in [0.1, 0.15) is 0 Å². The van der Waals surface area contributed by atoms with Gasteiger partial charge in [-0.25, -0.2) is 0 Å². The van der Waals surface area contributed by atoms with Gasteiger partial charge in [0.25, 0.3) is 0 Å². The van der Waals surface area contributed by atoms with Crippen LogP contribution in [0.2, 0.25) is 0 Å². The highest BCUT2D eigenvalue weighted by molar-refractivity contribution is 4.75. The largest absolute Gasteiger partial charge is 0.396 e. The summed E-state index contributed by atoms with van der Waals surface area (Å²) in [6.07, 6.45) is 0.241. The van der Waals surface area contributed by atoms with Crippen molar-refractivity contribution in [3.63, 3.8) is 0 Å². The third kappa shape index (κ3) is 3.82. The van der Waals surface area contributed by atoms with Crippen LogP contribution in [0.4, 0.5) is 0 Å². The predicted octanol–water partition coefficient (Wildman–Crippen LogP) is -0.109. The van der Waals surface area contributed by atoms with Crippen LogP contribution in [0.3, 0.4) is 0 Å². The van der Waals surface area contributed by atoms with Crippen LogP contribution >= 0.6 is 0 Å². The van der Waals surface area contributed by atoms with Gasteiger partial charge < -0.3 is 15.3 Å². The smallest absolute Gasteiger partial charge is 0.0849 e. The highest BCUT2D eigenvalue weighted by atomic mass is 16.3. The minimum absolute atomic E-state index is 0.0626. The zero-order valence-corrected chi connectivity index (χ0v) is 6.54. The van der Waals surface area contributed by atoms with Gasteiger partial charge in [0.2, 0.25) is 0 Å². The molecule has 0 radical (unpaired) electrons. The first-order valence-corrected chi connectivity index (χ1v) is 3.49. The molecule has 10 heavy (non-hydrogen) atoms. The van der Waals surface area contributed by atoms with E-state index in [1.54, 1.807) is 13.8 Å². The predicted molar refractivity (Wildman–Crippen MR) is 38.6 cm³/mol. The lowest BCUT2D eigenvalue weighted by atomic mass is 9.98. The van der Waals surface area contributed by atoms with Gasteiger partial charge in [-0.3, -0.25) is 0 Å². The molecular weight excluding hydrogens is 132 g/mol. The molecule has 0 aromatic heterocycles. The second kappa shape index (κ2) is 3.91. The number of rotatable bonds is 4. The molecule has 0 saturated heterocycles. The van der Waals surface area contributed by atoms with Crippen LogP contribution in [0, 0.1) is 0 Å². The summed E-state index contributed by atoms with van der Waals surface area (Å²) >= 11 is 0. The van der Waals surface area contributed by atoms with Crippen LogP contribution in [0.5, 0.6) is 0 Å². The third-order valence-electron chi connectivity index (χ3n) is 1.45. The van der Waals surface area contributed by atoms with Gasteiger partial charge in [0.15, 0.2) is 0 Å². The summed E-state index contributed by atoms with van der Waals surface area (Å²) in [4.78, 5) is 0. The van der Waals surface area contributed by atoms with Crippen LogP contribution in [-0.2, 0) is 0 Å². The van der Waals surface area contributed by atoms with Crippen molar-refractivity contribution in [1.29, 1.82) is 0 Å². The zero-order valence-electron chi connectivity index (χ0n) is 6.54. The Morgan fingerprint density at radius 2 is 1.90 bits per heavy atom. The first-order valence-electron chi connectivity index (χ1n) is 3.49. The molecule has 3 nitrogen and oxygen atoms in total. The molecular formula is C7H16O3. The lowest BCUT2D eigenvalue weighted by Crippen LogP contribution is -2.35. The van der Waals surface area contributed by atoms with Crippen molar-refractivity contribution < 1.29 is 15.3 Å². The lowest BCUT2D eigenvalue weighted by Gasteiger charge is -2.23. The molecule has 3 heteroatoms. The Hall–Kier alpha value is -0.120. The van der Waals surface area contributed by atoms with Crippen molar-refractivity contribution in [2.75, 3.05) is 6.61 Å². The van der Waals surface area contributed by atoms with Crippen LogP contribution in [0.15, 0.2) is 0 Å². The number of aliphatic hydroxyl groups excluding tert-OH is 2. The summed E-state index contributed by atoms with van der Waals surface area (Å²) in [6, 6.07) is 0. The van der Waals surface area contributed by atoms with Crippen LogP contribution in [-0.4, -0.2) is 33.6 Å². The molecule has 0 aliphatic heterocycles. The molecule has 0 aromatic rings.